The maximum Gasteiger partial charge on any atom is 0.270 e. The van der Waals surface area contributed by atoms with E-state index in [-0.39, 0.29) is 17.7 Å². The van der Waals surface area contributed by atoms with Crippen LogP contribution in [0.15, 0.2) is 71.4 Å². The summed E-state index contributed by atoms with van der Waals surface area (Å²) in [6.45, 7) is 0.104. The number of fused-ring (bicyclic) bond motifs is 1. The zero-order valence-corrected chi connectivity index (χ0v) is 16.2. The first-order valence-corrected chi connectivity index (χ1v) is 9.64. The van der Waals surface area contributed by atoms with E-state index < -0.39 is 16.6 Å². The minimum atomic E-state index is -0.502. The summed E-state index contributed by atoms with van der Waals surface area (Å²) in [4.78, 5) is 29.1. The summed E-state index contributed by atoms with van der Waals surface area (Å²) in [5.41, 5.74) is 0.627. The van der Waals surface area contributed by atoms with Crippen molar-refractivity contribution >= 4 is 44.4 Å². The van der Waals surface area contributed by atoms with Crippen molar-refractivity contribution in [1.29, 1.82) is 0 Å². The number of amides is 1. The van der Waals surface area contributed by atoms with Gasteiger partial charge in [-0.25, -0.2) is 9.37 Å². The number of nitro groups is 1. The average molecular weight is 423 g/mol. The number of rotatable bonds is 6. The Morgan fingerprint density at radius 2 is 2.07 bits per heavy atom. The number of carbonyl (C=O) groups is 1. The van der Waals surface area contributed by atoms with E-state index in [1.165, 1.54) is 52.9 Å². The maximum atomic E-state index is 14.1. The Morgan fingerprint density at radius 1 is 1.23 bits per heavy atom. The Kier molecular flexibility index (Phi) is 5.36. The van der Waals surface area contributed by atoms with Gasteiger partial charge in [-0.05, 0) is 35.9 Å². The van der Waals surface area contributed by atoms with Gasteiger partial charge in [0.05, 0.1) is 22.4 Å². The molecule has 0 aliphatic rings. The van der Waals surface area contributed by atoms with Gasteiger partial charge >= 0.3 is 0 Å². The Labute approximate surface area is 173 Å². The quantitative estimate of drug-likeness (QED) is 0.242. The number of para-hydroxylation sites is 1. The monoisotopic (exact) mass is 423 g/mol. The molecular formula is C21H14FN3O4S. The predicted molar refractivity (Wildman–Crippen MR) is 112 cm³/mol. The first-order chi connectivity index (χ1) is 14.5. The fourth-order valence-corrected chi connectivity index (χ4v) is 3.80. The molecule has 0 spiro atoms. The van der Waals surface area contributed by atoms with Crippen LogP contribution >= 0.6 is 11.3 Å². The van der Waals surface area contributed by atoms with Crippen molar-refractivity contribution in [3.63, 3.8) is 0 Å². The lowest BCUT2D eigenvalue weighted by molar-refractivity contribution is -0.384. The molecule has 0 aliphatic carbocycles. The van der Waals surface area contributed by atoms with Gasteiger partial charge in [0.25, 0.3) is 11.6 Å². The molecule has 150 valence electrons. The third-order valence-electron chi connectivity index (χ3n) is 4.25. The highest BCUT2D eigenvalue weighted by Gasteiger charge is 2.20. The number of aromatic nitrogens is 1. The van der Waals surface area contributed by atoms with Gasteiger partial charge < -0.3 is 4.42 Å². The van der Waals surface area contributed by atoms with Gasteiger partial charge in [0.2, 0.25) is 0 Å². The molecule has 0 aliphatic heterocycles. The van der Waals surface area contributed by atoms with E-state index in [4.69, 9.17) is 4.42 Å². The van der Waals surface area contributed by atoms with Crippen LogP contribution in [0.2, 0.25) is 0 Å². The first-order valence-electron chi connectivity index (χ1n) is 8.83. The summed E-state index contributed by atoms with van der Waals surface area (Å²) in [5.74, 6) is -0.350. The largest absolute Gasteiger partial charge is 0.467 e. The summed E-state index contributed by atoms with van der Waals surface area (Å²) in [6, 6.07) is 14.0. The van der Waals surface area contributed by atoms with E-state index in [0.29, 0.717) is 21.2 Å². The zero-order valence-electron chi connectivity index (χ0n) is 15.4. The molecule has 0 atom stereocenters. The number of furan rings is 1. The maximum absolute atomic E-state index is 14.1. The molecule has 0 saturated heterocycles. The summed E-state index contributed by atoms with van der Waals surface area (Å²) >= 11 is 1.19. The molecule has 2 aromatic heterocycles. The highest BCUT2D eigenvalue weighted by atomic mass is 32.1. The van der Waals surface area contributed by atoms with Crippen molar-refractivity contribution in [2.75, 3.05) is 4.90 Å². The van der Waals surface area contributed by atoms with Crippen LogP contribution in [-0.2, 0) is 11.3 Å². The molecule has 4 rings (SSSR count). The molecule has 9 heteroatoms. The Balaban J connectivity index is 1.66. The van der Waals surface area contributed by atoms with Gasteiger partial charge in [0.15, 0.2) is 5.13 Å². The second kappa shape index (κ2) is 8.26. The highest BCUT2D eigenvalue weighted by molar-refractivity contribution is 7.22. The fourth-order valence-electron chi connectivity index (χ4n) is 2.82. The van der Waals surface area contributed by atoms with E-state index in [1.807, 2.05) is 0 Å². The Morgan fingerprint density at radius 3 is 2.80 bits per heavy atom. The molecule has 0 fully saturated rings. The van der Waals surface area contributed by atoms with Crippen molar-refractivity contribution in [3.8, 4) is 0 Å². The second-order valence-corrected chi connectivity index (χ2v) is 7.28. The SMILES string of the molecule is O=C(/C=C/c1cccc([N+](=O)[O-])c1)N(Cc1ccco1)c1nc2c(F)cccc2s1. The number of nitro benzene ring substituents is 1. The molecule has 0 unspecified atom stereocenters. The molecule has 4 aromatic rings. The minimum absolute atomic E-state index is 0.0707. The van der Waals surface area contributed by atoms with Crippen LogP contribution in [0.4, 0.5) is 15.2 Å². The number of anilines is 1. The van der Waals surface area contributed by atoms with Gasteiger partial charge in [0.1, 0.15) is 17.1 Å². The van der Waals surface area contributed by atoms with Crippen molar-refractivity contribution in [1.82, 2.24) is 4.98 Å². The highest BCUT2D eigenvalue weighted by Crippen LogP contribution is 2.31. The van der Waals surface area contributed by atoms with Gasteiger partial charge in [-0.15, -0.1) is 0 Å². The fraction of sp³-hybridized carbons (Fsp3) is 0.0476. The third-order valence-corrected chi connectivity index (χ3v) is 5.29. The van der Waals surface area contributed by atoms with Gasteiger partial charge in [-0.1, -0.05) is 29.5 Å². The Hall–Kier alpha value is -3.85. The standard InChI is InChI=1S/C21H14FN3O4S/c22-17-7-2-8-18-20(17)23-21(30-18)24(13-16-6-3-11-29-16)19(26)10-9-14-4-1-5-15(12-14)25(27)28/h1-12H,13H2/b10-9+. The molecule has 1 amide bonds. The van der Waals surface area contributed by atoms with E-state index in [1.54, 1.807) is 36.4 Å². The van der Waals surface area contributed by atoms with Crippen molar-refractivity contribution in [2.45, 2.75) is 6.54 Å². The van der Waals surface area contributed by atoms with Crippen molar-refractivity contribution in [3.05, 3.63) is 94.2 Å². The third kappa shape index (κ3) is 4.11. The molecule has 7 nitrogen and oxygen atoms in total. The van der Waals surface area contributed by atoms with Crippen LogP contribution in [0.5, 0.6) is 0 Å². The molecule has 2 aromatic carbocycles. The zero-order chi connectivity index (χ0) is 21.1. The number of non-ortho nitro benzene ring substituents is 1. The lowest BCUT2D eigenvalue weighted by atomic mass is 10.2. The first kappa shape index (κ1) is 19.5. The predicted octanol–water partition coefficient (Wildman–Crippen LogP) is 5.18. The topological polar surface area (TPSA) is 89.5 Å². The van der Waals surface area contributed by atoms with Crippen LogP contribution < -0.4 is 4.90 Å². The minimum Gasteiger partial charge on any atom is -0.467 e. The number of carbonyl (C=O) groups excluding carboxylic acids is 1. The number of nitrogens with zero attached hydrogens (tertiary/aromatic N) is 3. The average Bonchev–Trinajstić information content (AvgIpc) is 3.40. The summed E-state index contributed by atoms with van der Waals surface area (Å²) in [6.07, 6.45) is 4.28. The lowest BCUT2D eigenvalue weighted by Gasteiger charge is -2.16. The van der Waals surface area contributed by atoms with Crippen LogP contribution in [0, 0.1) is 15.9 Å². The molecule has 2 heterocycles. The van der Waals surface area contributed by atoms with Crippen molar-refractivity contribution in [2.24, 2.45) is 0 Å². The van der Waals surface area contributed by atoms with E-state index in [0.717, 1.165) is 0 Å². The number of thiazole rings is 1. The van der Waals surface area contributed by atoms with Crippen LogP contribution in [-0.4, -0.2) is 15.8 Å². The number of hydrogen-bond donors (Lipinski definition) is 0. The second-order valence-electron chi connectivity index (χ2n) is 6.27. The molecule has 30 heavy (non-hydrogen) atoms. The smallest absolute Gasteiger partial charge is 0.270 e. The number of benzene rings is 2. The normalized spacial score (nSPS) is 11.2. The Bertz CT molecular complexity index is 1250. The summed E-state index contributed by atoms with van der Waals surface area (Å²) in [5, 5.41) is 11.3. The molecule has 0 bridgehead atoms. The van der Waals surface area contributed by atoms with E-state index >= 15 is 0 Å². The molecular weight excluding hydrogens is 409 g/mol. The summed E-state index contributed by atoms with van der Waals surface area (Å²) in [7, 11) is 0. The summed E-state index contributed by atoms with van der Waals surface area (Å²) < 4.78 is 20.0. The number of halogens is 1. The molecule has 0 radical (unpaired) electrons. The van der Waals surface area contributed by atoms with Crippen molar-refractivity contribution < 1.29 is 18.5 Å². The van der Waals surface area contributed by atoms with Gasteiger partial charge in [0, 0.05) is 18.2 Å². The van der Waals surface area contributed by atoms with Crippen LogP contribution in [0.3, 0.4) is 0 Å². The van der Waals surface area contributed by atoms with Gasteiger partial charge in [-0.3, -0.25) is 19.8 Å². The lowest BCUT2D eigenvalue weighted by Crippen LogP contribution is -2.28. The molecule has 0 saturated carbocycles. The van der Waals surface area contributed by atoms with E-state index in [9.17, 15) is 19.3 Å². The van der Waals surface area contributed by atoms with Crippen LogP contribution in [0.1, 0.15) is 11.3 Å². The van der Waals surface area contributed by atoms with Crippen LogP contribution in [0.25, 0.3) is 16.3 Å². The van der Waals surface area contributed by atoms with Gasteiger partial charge in [-0.2, -0.15) is 0 Å². The van der Waals surface area contributed by atoms with E-state index in [2.05, 4.69) is 4.98 Å². The number of hydrogen-bond acceptors (Lipinski definition) is 6. The molecule has 0 N–H and O–H groups in total.